The molecule has 3 aliphatic heterocycles. The van der Waals surface area contributed by atoms with E-state index in [1.165, 1.54) is 12.1 Å². The largest absolute Gasteiger partial charge is 0.380 e. The van der Waals surface area contributed by atoms with Gasteiger partial charge in [0.2, 0.25) is 0 Å². The van der Waals surface area contributed by atoms with Crippen molar-refractivity contribution in [3.05, 3.63) is 29.8 Å². The monoisotopic (exact) mass is 471 g/mol. The van der Waals surface area contributed by atoms with Crippen molar-refractivity contribution in [2.24, 2.45) is 0 Å². The van der Waals surface area contributed by atoms with E-state index >= 15 is 0 Å². The highest BCUT2D eigenvalue weighted by Crippen LogP contribution is 2.44. The van der Waals surface area contributed by atoms with Crippen molar-refractivity contribution < 1.29 is 42.0 Å². The molecule has 2 N–H and O–H groups in total. The predicted molar refractivity (Wildman–Crippen MR) is 110 cm³/mol. The summed E-state index contributed by atoms with van der Waals surface area (Å²) in [5, 5.41) is 13.0. The van der Waals surface area contributed by atoms with Crippen molar-refractivity contribution in [2.45, 2.75) is 87.9 Å². The van der Waals surface area contributed by atoms with Gasteiger partial charge in [-0.05, 0) is 46.8 Å². The first-order valence-corrected chi connectivity index (χ1v) is 12.1. The Bertz CT molecular complexity index is 975. The number of carbonyl (C=O) groups excluding carboxylic acids is 1. The fourth-order valence-corrected chi connectivity index (χ4v) is 5.20. The zero-order chi connectivity index (χ0) is 23.5. The molecule has 3 saturated heterocycles. The minimum Gasteiger partial charge on any atom is -0.380 e. The van der Waals surface area contributed by atoms with E-state index in [0.29, 0.717) is 0 Å². The molecule has 3 heterocycles. The first-order chi connectivity index (χ1) is 14.8. The summed E-state index contributed by atoms with van der Waals surface area (Å²) in [6, 6.07) is 6.26. The molecule has 0 spiro atoms. The van der Waals surface area contributed by atoms with Crippen molar-refractivity contribution >= 4 is 15.7 Å². The maximum absolute atomic E-state index is 12.7. The van der Waals surface area contributed by atoms with E-state index in [1.807, 2.05) is 6.92 Å². The number of carbonyl (C=O) groups is 1. The first kappa shape index (κ1) is 23.6. The van der Waals surface area contributed by atoms with Crippen LogP contribution in [0.15, 0.2) is 29.2 Å². The number of nitrogens with one attached hydrogen (secondary N) is 1. The van der Waals surface area contributed by atoms with Crippen LogP contribution in [-0.4, -0.2) is 73.7 Å². The lowest BCUT2D eigenvalue weighted by molar-refractivity contribution is -0.250. The van der Waals surface area contributed by atoms with E-state index in [4.69, 9.17) is 23.7 Å². The van der Waals surface area contributed by atoms with Crippen LogP contribution in [0.25, 0.3) is 0 Å². The van der Waals surface area contributed by atoms with Crippen LogP contribution in [0, 0.1) is 6.92 Å². The molecule has 32 heavy (non-hydrogen) atoms. The average molecular weight is 472 g/mol. The summed E-state index contributed by atoms with van der Waals surface area (Å²) < 4.78 is 54.4. The van der Waals surface area contributed by atoms with E-state index in [9.17, 15) is 18.3 Å². The molecule has 1 aromatic carbocycles. The Morgan fingerprint density at radius 1 is 1.00 bits per heavy atom. The molecule has 10 nitrogen and oxygen atoms in total. The van der Waals surface area contributed by atoms with Crippen LogP contribution in [0.3, 0.4) is 0 Å². The number of aliphatic hydroxyl groups is 1. The predicted octanol–water partition coefficient (Wildman–Crippen LogP) is 0.600. The van der Waals surface area contributed by atoms with Gasteiger partial charge in [0.15, 0.2) is 33.8 Å². The van der Waals surface area contributed by atoms with Gasteiger partial charge in [0.25, 0.3) is 5.91 Å². The van der Waals surface area contributed by atoms with Crippen LogP contribution >= 0.6 is 0 Å². The number of aliphatic hydroxyl groups excluding tert-OH is 1. The Kier molecular flexibility index (Phi) is 5.90. The van der Waals surface area contributed by atoms with Gasteiger partial charge in [0, 0.05) is 0 Å². The molecular weight excluding hydrogens is 442 g/mol. The summed E-state index contributed by atoms with van der Waals surface area (Å²) in [6.07, 6.45) is -5.82. The maximum atomic E-state index is 12.7. The Hall–Kier alpha value is -1.60. The summed E-state index contributed by atoms with van der Waals surface area (Å²) in [4.78, 5) is 12.7. The van der Waals surface area contributed by atoms with E-state index < -0.39 is 70.0 Å². The van der Waals surface area contributed by atoms with Crippen LogP contribution < -0.4 is 5.32 Å². The second-order valence-corrected chi connectivity index (χ2v) is 11.2. The van der Waals surface area contributed by atoms with Crippen molar-refractivity contribution in [2.75, 3.05) is 5.88 Å². The lowest BCUT2D eigenvalue weighted by Crippen LogP contribution is -2.61. The maximum Gasteiger partial charge on any atom is 0.252 e. The molecule has 0 aromatic heterocycles. The van der Waals surface area contributed by atoms with Gasteiger partial charge in [0.1, 0.15) is 30.3 Å². The number of rotatable bonds is 5. The van der Waals surface area contributed by atoms with Gasteiger partial charge in [-0.3, -0.25) is 4.79 Å². The third-order valence-corrected chi connectivity index (χ3v) is 7.10. The van der Waals surface area contributed by atoms with Gasteiger partial charge in [-0.1, -0.05) is 17.7 Å². The van der Waals surface area contributed by atoms with Crippen molar-refractivity contribution in [1.29, 1.82) is 0 Å². The fourth-order valence-electron chi connectivity index (χ4n) is 4.15. The normalized spacial score (nSPS) is 33.9. The number of hydrogen-bond donors (Lipinski definition) is 2. The number of benzene rings is 1. The fraction of sp³-hybridized carbons (Fsp3) is 0.667. The molecule has 0 radical (unpaired) electrons. The van der Waals surface area contributed by atoms with Gasteiger partial charge < -0.3 is 34.1 Å². The smallest absolute Gasteiger partial charge is 0.252 e. The van der Waals surface area contributed by atoms with Crippen molar-refractivity contribution in [1.82, 2.24) is 5.32 Å². The van der Waals surface area contributed by atoms with Gasteiger partial charge in [-0.15, -0.1) is 0 Å². The van der Waals surface area contributed by atoms with Gasteiger partial charge >= 0.3 is 0 Å². The highest BCUT2D eigenvalue weighted by molar-refractivity contribution is 7.91. The molecular formula is C21H29NO9S. The molecule has 4 rings (SSSR count). The minimum atomic E-state index is -3.79. The van der Waals surface area contributed by atoms with Gasteiger partial charge in [-0.25, -0.2) is 8.42 Å². The number of sulfone groups is 1. The highest BCUT2D eigenvalue weighted by atomic mass is 32.2. The molecule has 0 bridgehead atoms. The molecule has 178 valence electrons. The SMILES string of the molecule is Cc1ccc(S(=O)(=O)CNC(=O)C(O)[C@H]2O[C@@H]3OC(C)(C)O[C@@H]3[C@H]3OC(C)(C)O[C@H]32)cc1. The number of aryl methyl sites for hydroxylation is 1. The first-order valence-electron chi connectivity index (χ1n) is 10.4. The topological polar surface area (TPSA) is 130 Å². The number of amides is 1. The summed E-state index contributed by atoms with van der Waals surface area (Å²) >= 11 is 0. The zero-order valence-corrected chi connectivity index (χ0v) is 19.4. The highest BCUT2D eigenvalue weighted by Gasteiger charge is 2.62. The lowest BCUT2D eigenvalue weighted by Gasteiger charge is -2.38. The summed E-state index contributed by atoms with van der Waals surface area (Å²) in [5.41, 5.74) is 0.911. The molecule has 1 amide bonds. The molecule has 11 heteroatoms. The second kappa shape index (κ2) is 8.01. The molecule has 1 unspecified atom stereocenters. The molecule has 0 aliphatic carbocycles. The number of ether oxygens (including phenoxy) is 5. The summed E-state index contributed by atoms with van der Waals surface area (Å²) in [7, 11) is -3.79. The van der Waals surface area contributed by atoms with Gasteiger partial charge in [-0.2, -0.15) is 0 Å². The standard InChI is InChI=1S/C21H29NO9S/c1-11-6-8-12(9-7-11)32(25,26)10-22-18(24)13(23)14-15-16(29-20(2,3)28-15)17-19(27-14)31-21(4,5)30-17/h6-9,13-17,19,23H,10H2,1-5H3,(H,22,24)/t13?,14-,15+,16+,17-,19-/m1/s1. The van der Waals surface area contributed by atoms with E-state index in [2.05, 4.69) is 5.32 Å². The minimum absolute atomic E-state index is 0.0720. The Morgan fingerprint density at radius 3 is 2.22 bits per heavy atom. The zero-order valence-electron chi connectivity index (χ0n) is 18.6. The van der Waals surface area contributed by atoms with Crippen LogP contribution in [0.4, 0.5) is 0 Å². The molecule has 3 aliphatic rings. The Balaban J connectivity index is 1.47. The van der Waals surface area contributed by atoms with Gasteiger partial charge in [0.05, 0.1) is 4.90 Å². The van der Waals surface area contributed by atoms with Crippen LogP contribution in [0.5, 0.6) is 0 Å². The Morgan fingerprint density at radius 2 is 1.56 bits per heavy atom. The molecule has 6 atom stereocenters. The van der Waals surface area contributed by atoms with Crippen LogP contribution in [0.1, 0.15) is 33.3 Å². The third-order valence-electron chi connectivity index (χ3n) is 5.59. The summed E-state index contributed by atoms with van der Waals surface area (Å²) in [5.74, 6) is -3.52. The van der Waals surface area contributed by atoms with Crippen molar-refractivity contribution in [3.8, 4) is 0 Å². The van der Waals surface area contributed by atoms with Crippen LogP contribution in [0.2, 0.25) is 0 Å². The average Bonchev–Trinajstić information content (AvgIpc) is 3.19. The number of fused-ring (bicyclic) bond motifs is 3. The Labute approximate surface area is 187 Å². The third kappa shape index (κ3) is 4.56. The van der Waals surface area contributed by atoms with E-state index in [0.717, 1.165) is 5.56 Å². The molecule has 3 fully saturated rings. The molecule has 1 aromatic rings. The van der Waals surface area contributed by atoms with E-state index in [1.54, 1.807) is 39.8 Å². The summed E-state index contributed by atoms with van der Waals surface area (Å²) in [6.45, 7) is 8.70. The quantitative estimate of drug-likeness (QED) is 0.634. The van der Waals surface area contributed by atoms with Crippen LogP contribution in [-0.2, 0) is 38.3 Å². The number of hydrogen-bond acceptors (Lipinski definition) is 9. The van der Waals surface area contributed by atoms with Crippen molar-refractivity contribution in [3.63, 3.8) is 0 Å². The van der Waals surface area contributed by atoms with E-state index in [-0.39, 0.29) is 4.90 Å². The lowest BCUT2D eigenvalue weighted by atomic mass is 9.95. The second-order valence-electron chi connectivity index (χ2n) is 9.19. The molecule has 0 saturated carbocycles.